The van der Waals surface area contributed by atoms with Crippen LogP contribution in [0.1, 0.15) is 46.0 Å². The van der Waals surface area contributed by atoms with Crippen molar-refractivity contribution in [3.8, 4) is 0 Å². The van der Waals surface area contributed by atoms with Crippen molar-refractivity contribution in [1.82, 2.24) is 25.1 Å². The highest BCUT2D eigenvalue weighted by molar-refractivity contribution is 7.90. The largest absolute Gasteiger partial charge is 0.325 e. The third kappa shape index (κ3) is 3.78. The minimum atomic E-state index is -3.37. The molecule has 0 saturated carbocycles. The Balaban J connectivity index is 1.64. The average Bonchev–Trinajstić information content (AvgIpc) is 3.11. The number of benzene rings is 1. The fourth-order valence-corrected chi connectivity index (χ4v) is 5.63. The number of hydrogen-bond acceptors (Lipinski definition) is 5. The second-order valence-corrected chi connectivity index (χ2v) is 9.28. The van der Waals surface area contributed by atoms with E-state index >= 15 is 0 Å². The number of imidazole rings is 1. The van der Waals surface area contributed by atoms with E-state index in [1.165, 1.54) is 0 Å². The summed E-state index contributed by atoms with van der Waals surface area (Å²) in [5.74, 6) is 1.01. The Kier molecular flexibility index (Phi) is 5.67. The monoisotopic (exact) mass is 379 g/mol. The molecule has 26 heavy (non-hydrogen) atoms. The maximum Gasteiger partial charge on any atom is 0.217 e. The van der Waals surface area contributed by atoms with Crippen molar-refractivity contribution in [1.29, 1.82) is 0 Å². The highest BCUT2D eigenvalue weighted by Gasteiger charge is 2.39. The summed E-state index contributed by atoms with van der Waals surface area (Å²) in [6.07, 6.45) is 1.45. The van der Waals surface area contributed by atoms with E-state index in [-0.39, 0.29) is 12.1 Å². The van der Waals surface area contributed by atoms with Crippen LogP contribution in [0.2, 0.25) is 0 Å². The lowest BCUT2D eigenvalue weighted by molar-refractivity contribution is 0.539. The Morgan fingerprint density at radius 1 is 1.19 bits per heavy atom. The van der Waals surface area contributed by atoms with E-state index in [4.69, 9.17) is 4.98 Å². The number of fused-ring (bicyclic) bond motifs is 1. The molecular weight excluding hydrogens is 350 g/mol. The van der Waals surface area contributed by atoms with E-state index in [1.54, 1.807) is 0 Å². The van der Waals surface area contributed by atoms with Gasteiger partial charge in [0.25, 0.3) is 0 Å². The number of aromatic nitrogens is 2. The molecule has 0 spiro atoms. The first-order valence-electron chi connectivity index (χ1n) is 9.26. The van der Waals surface area contributed by atoms with Crippen molar-refractivity contribution in [3.05, 3.63) is 30.1 Å². The molecule has 2 aromatic rings. The van der Waals surface area contributed by atoms with E-state index in [1.807, 2.05) is 32.0 Å². The Morgan fingerprint density at radius 3 is 2.50 bits per heavy atom. The van der Waals surface area contributed by atoms with E-state index < -0.39 is 15.3 Å². The van der Waals surface area contributed by atoms with E-state index in [0.717, 1.165) is 23.3 Å². The summed E-state index contributed by atoms with van der Waals surface area (Å²) in [5, 5.41) is -0.470. The van der Waals surface area contributed by atoms with Gasteiger partial charge in [-0.2, -0.15) is 0 Å². The van der Waals surface area contributed by atoms with Gasteiger partial charge in [0.1, 0.15) is 11.1 Å². The molecule has 3 N–H and O–H groups in total. The predicted molar refractivity (Wildman–Crippen MR) is 104 cm³/mol. The molecule has 0 aliphatic carbocycles. The van der Waals surface area contributed by atoms with Crippen LogP contribution >= 0.6 is 0 Å². The molecule has 3 rings (SSSR count). The molecule has 1 aliphatic rings. The normalized spacial score (nSPS) is 24.0. The van der Waals surface area contributed by atoms with E-state index in [2.05, 4.69) is 40.1 Å². The first-order valence-corrected chi connectivity index (χ1v) is 10.8. The van der Waals surface area contributed by atoms with Crippen molar-refractivity contribution < 1.29 is 8.42 Å². The van der Waals surface area contributed by atoms with Gasteiger partial charge in [-0.05, 0) is 46.2 Å². The number of rotatable bonds is 7. The second kappa shape index (κ2) is 7.64. The Bertz CT molecular complexity index is 852. The molecule has 1 aliphatic heterocycles. The Labute approximate surface area is 155 Å². The number of nitrogens with one attached hydrogen (secondary N) is 3. The minimum absolute atomic E-state index is 0.118. The van der Waals surface area contributed by atoms with Crippen LogP contribution in [0.25, 0.3) is 11.0 Å². The molecule has 2 unspecified atom stereocenters. The zero-order valence-corrected chi connectivity index (χ0v) is 16.7. The Hall–Kier alpha value is -1.48. The van der Waals surface area contributed by atoms with Crippen molar-refractivity contribution in [2.45, 2.75) is 63.9 Å². The summed E-state index contributed by atoms with van der Waals surface area (Å²) in [6.45, 7) is 8.46. The number of para-hydroxylation sites is 2. The fraction of sp³-hybridized carbons (Fsp3) is 0.611. The highest BCUT2D eigenvalue weighted by atomic mass is 32.2. The third-order valence-electron chi connectivity index (χ3n) is 4.95. The highest BCUT2D eigenvalue weighted by Crippen LogP contribution is 2.21. The van der Waals surface area contributed by atoms with Gasteiger partial charge in [0.05, 0.1) is 11.0 Å². The van der Waals surface area contributed by atoms with Crippen LogP contribution in [0.3, 0.4) is 0 Å². The molecule has 1 aromatic carbocycles. The molecule has 8 heteroatoms. The molecule has 1 fully saturated rings. The SMILES string of the molecule is CC1NNC(C)C1S(=O)(=O)NCCCc1nc2ccccc2n1C(C)C. The molecule has 2 heterocycles. The van der Waals surface area contributed by atoms with Crippen LogP contribution < -0.4 is 15.6 Å². The lowest BCUT2D eigenvalue weighted by atomic mass is 10.2. The quantitative estimate of drug-likeness (QED) is 0.638. The minimum Gasteiger partial charge on any atom is -0.325 e. The summed E-state index contributed by atoms with van der Waals surface area (Å²) in [5.41, 5.74) is 8.11. The molecule has 144 valence electrons. The summed E-state index contributed by atoms with van der Waals surface area (Å²) in [6, 6.07) is 8.18. The maximum absolute atomic E-state index is 12.6. The lowest BCUT2D eigenvalue weighted by Gasteiger charge is -2.19. The maximum atomic E-state index is 12.6. The molecule has 0 radical (unpaired) electrons. The Morgan fingerprint density at radius 2 is 1.85 bits per heavy atom. The topological polar surface area (TPSA) is 88.0 Å². The first-order chi connectivity index (χ1) is 12.3. The molecule has 0 bridgehead atoms. The van der Waals surface area contributed by atoms with Crippen LogP contribution in [-0.4, -0.2) is 41.8 Å². The number of nitrogens with zero attached hydrogens (tertiary/aromatic N) is 2. The van der Waals surface area contributed by atoms with Crippen molar-refractivity contribution in [3.63, 3.8) is 0 Å². The van der Waals surface area contributed by atoms with Crippen molar-refractivity contribution in [2.24, 2.45) is 0 Å². The van der Waals surface area contributed by atoms with E-state index in [0.29, 0.717) is 19.0 Å². The number of hydrogen-bond donors (Lipinski definition) is 3. The molecule has 1 aromatic heterocycles. The van der Waals surface area contributed by atoms with Crippen LogP contribution in [-0.2, 0) is 16.4 Å². The summed E-state index contributed by atoms with van der Waals surface area (Å²) >= 11 is 0. The van der Waals surface area contributed by atoms with Gasteiger partial charge in [0.2, 0.25) is 10.0 Å². The summed E-state index contributed by atoms with van der Waals surface area (Å²) in [7, 11) is -3.37. The van der Waals surface area contributed by atoms with Gasteiger partial charge >= 0.3 is 0 Å². The molecule has 2 atom stereocenters. The summed E-state index contributed by atoms with van der Waals surface area (Å²) < 4.78 is 30.1. The van der Waals surface area contributed by atoms with Gasteiger partial charge in [-0.25, -0.2) is 18.1 Å². The van der Waals surface area contributed by atoms with Gasteiger partial charge in [-0.3, -0.25) is 10.9 Å². The molecule has 7 nitrogen and oxygen atoms in total. The number of sulfonamides is 1. The zero-order valence-electron chi connectivity index (χ0n) is 15.9. The third-order valence-corrected chi connectivity index (χ3v) is 7.09. The fourth-order valence-electron chi connectivity index (χ4n) is 3.80. The smallest absolute Gasteiger partial charge is 0.217 e. The van der Waals surface area contributed by atoms with Crippen LogP contribution in [0.5, 0.6) is 0 Å². The molecule has 1 saturated heterocycles. The second-order valence-electron chi connectivity index (χ2n) is 7.35. The van der Waals surface area contributed by atoms with Gasteiger partial charge < -0.3 is 4.57 Å². The van der Waals surface area contributed by atoms with Gasteiger partial charge in [0.15, 0.2) is 0 Å². The van der Waals surface area contributed by atoms with E-state index in [9.17, 15) is 8.42 Å². The van der Waals surface area contributed by atoms with Crippen LogP contribution in [0.15, 0.2) is 24.3 Å². The van der Waals surface area contributed by atoms with Gasteiger partial charge in [-0.15, -0.1) is 0 Å². The molecular formula is C18H29N5O2S. The number of aryl methyl sites for hydroxylation is 1. The molecule has 0 amide bonds. The van der Waals surface area contributed by atoms with Gasteiger partial charge in [0, 0.05) is 31.1 Å². The zero-order chi connectivity index (χ0) is 18.9. The van der Waals surface area contributed by atoms with Crippen molar-refractivity contribution >= 4 is 21.1 Å². The predicted octanol–water partition coefficient (Wildman–Crippen LogP) is 1.72. The summed E-state index contributed by atoms with van der Waals surface area (Å²) in [4.78, 5) is 4.74. The average molecular weight is 380 g/mol. The van der Waals surface area contributed by atoms with Crippen LogP contribution in [0.4, 0.5) is 0 Å². The number of hydrazine groups is 1. The first kappa shape index (κ1) is 19.3. The standard InChI is InChI=1S/C18H29N5O2S/c1-12(2)23-16-9-6-5-8-15(16)20-17(23)10-7-11-19-26(24,25)18-13(3)21-22-14(18)4/h5-6,8-9,12-14,18-19,21-22H,7,10-11H2,1-4H3. The van der Waals surface area contributed by atoms with Crippen molar-refractivity contribution in [2.75, 3.05) is 6.54 Å². The lowest BCUT2D eigenvalue weighted by Crippen LogP contribution is -2.44. The van der Waals surface area contributed by atoms with Gasteiger partial charge in [-0.1, -0.05) is 12.1 Å². The van der Waals surface area contributed by atoms with Crippen LogP contribution in [0, 0.1) is 0 Å².